The molecule has 0 saturated carbocycles. The third-order valence-electron chi connectivity index (χ3n) is 2.23. The molecule has 0 bridgehead atoms. The van der Waals surface area contributed by atoms with E-state index in [4.69, 9.17) is 9.47 Å². The van der Waals surface area contributed by atoms with Crippen LogP contribution in [0.2, 0.25) is 0 Å². The average Bonchev–Trinajstić information content (AvgIpc) is 2.28. The Morgan fingerprint density at radius 2 is 1.45 bits per heavy atom. The van der Waals surface area contributed by atoms with Gasteiger partial charge in [0.2, 0.25) is 0 Å². The molecule has 1 unspecified atom stereocenters. The van der Waals surface area contributed by atoms with Crippen molar-refractivity contribution in [1.82, 2.24) is 5.32 Å². The summed E-state index contributed by atoms with van der Waals surface area (Å²) in [6, 6.07) is -0.965. The van der Waals surface area contributed by atoms with E-state index in [-0.39, 0.29) is 12.8 Å². The molecule has 0 spiro atoms. The van der Waals surface area contributed by atoms with Crippen LogP contribution in [0.4, 0.5) is 4.79 Å². The van der Waals surface area contributed by atoms with Gasteiger partial charge in [0.25, 0.3) is 0 Å². The standard InChI is InChI=1S/C15H27NO6/c1-14(2,3)21-11(17)9-8-10(12(18)20-7)16-13(19)22-15(4,5)6/h10H,8-9H2,1-7H3,(H,16,19). The van der Waals surface area contributed by atoms with Crippen molar-refractivity contribution in [3.8, 4) is 0 Å². The average molecular weight is 317 g/mol. The van der Waals surface area contributed by atoms with Crippen LogP contribution in [-0.4, -0.2) is 42.4 Å². The minimum absolute atomic E-state index is 0.0210. The minimum Gasteiger partial charge on any atom is -0.467 e. The van der Waals surface area contributed by atoms with Crippen molar-refractivity contribution in [1.29, 1.82) is 0 Å². The maximum Gasteiger partial charge on any atom is 0.408 e. The van der Waals surface area contributed by atoms with Crippen molar-refractivity contribution in [3.05, 3.63) is 0 Å². The lowest BCUT2D eigenvalue weighted by Crippen LogP contribution is -2.44. The first kappa shape index (κ1) is 20.2. The Bertz CT molecular complexity index is 405. The minimum atomic E-state index is -0.965. The number of amides is 1. The van der Waals surface area contributed by atoms with Crippen LogP contribution in [0.5, 0.6) is 0 Å². The molecule has 0 aromatic carbocycles. The zero-order valence-electron chi connectivity index (χ0n) is 14.4. The smallest absolute Gasteiger partial charge is 0.408 e. The van der Waals surface area contributed by atoms with Gasteiger partial charge in [-0.1, -0.05) is 0 Å². The Kier molecular flexibility index (Phi) is 7.35. The van der Waals surface area contributed by atoms with Crippen molar-refractivity contribution in [2.24, 2.45) is 0 Å². The topological polar surface area (TPSA) is 90.9 Å². The molecule has 0 aromatic rings. The monoisotopic (exact) mass is 317 g/mol. The number of alkyl carbamates (subject to hydrolysis) is 1. The van der Waals surface area contributed by atoms with Gasteiger partial charge in [0.05, 0.1) is 7.11 Å². The van der Waals surface area contributed by atoms with Crippen LogP contribution < -0.4 is 5.32 Å². The third kappa shape index (κ3) is 10.0. The molecule has 22 heavy (non-hydrogen) atoms. The molecule has 0 rings (SSSR count). The van der Waals surface area contributed by atoms with Crippen LogP contribution in [0.25, 0.3) is 0 Å². The largest absolute Gasteiger partial charge is 0.467 e. The van der Waals surface area contributed by atoms with E-state index in [1.165, 1.54) is 7.11 Å². The summed E-state index contributed by atoms with van der Waals surface area (Å²) in [5, 5.41) is 2.40. The van der Waals surface area contributed by atoms with Crippen LogP contribution in [-0.2, 0) is 23.8 Å². The summed E-state index contributed by atoms with van der Waals surface area (Å²) in [5.74, 6) is -1.10. The van der Waals surface area contributed by atoms with E-state index >= 15 is 0 Å². The first-order valence-corrected chi connectivity index (χ1v) is 7.13. The number of hydrogen-bond acceptors (Lipinski definition) is 6. The highest BCUT2D eigenvalue weighted by Crippen LogP contribution is 2.11. The molecule has 128 valence electrons. The Morgan fingerprint density at radius 1 is 0.955 bits per heavy atom. The summed E-state index contributed by atoms with van der Waals surface area (Å²) in [6.07, 6.45) is -0.694. The number of hydrogen-bond donors (Lipinski definition) is 1. The van der Waals surface area contributed by atoms with Crippen LogP contribution in [0.15, 0.2) is 0 Å². The number of rotatable bonds is 5. The highest BCUT2D eigenvalue weighted by Gasteiger charge is 2.26. The molecule has 0 saturated heterocycles. The lowest BCUT2D eigenvalue weighted by atomic mass is 10.1. The SMILES string of the molecule is COC(=O)C(CCC(=O)OC(C)(C)C)NC(=O)OC(C)(C)C. The van der Waals surface area contributed by atoms with E-state index in [2.05, 4.69) is 10.1 Å². The van der Waals surface area contributed by atoms with Gasteiger partial charge in [0.15, 0.2) is 0 Å². The summed E-state index contributed by atoms with van der Waals surface area (Å²) in [6.45, 7) is 10.4. The number of methoxy groups -OCH3 is 1. The zero-order chi connectivity index (χ0) is 17.6. The Hall–Kier alpha value is -1.79. The predicted octanol–water partition coefficient (Wildman–Crippen LogP) is 2.17. The molecular formula is C15H27NO6. The van der Waals surface area contributed by atoms with Crippen LogP contribution in [0.1, 0.15) is 54.4 Å². The van der Waals surface area contributed by atoms with Crippen LogP contribution >= 0.6 is 0 Å². The maximum atomic E-state index is 11.7. The van der Waals surface area contributed by atoms with Crippen molar-refractivity contribution in [2.75, 3.05) is 7.11 Å². The van der Waals surface area contributed by atoms with Gasteiger partial charge < -0.3 is 19.5 Å². The molecule has 7 nitrogen and oxygen atoms in total. The van der Waals surface area contributed by atoms with E-state index in [1.54, 1.807) is 41.5 Å². The van der Waals surface area contributed by atoms with Gasteiger partial charge in [-0.2, -0.15) is 0 Å². The lowest BCUT2D eigenvalue weighted by molar-refractivity contribution is -0.155. The van der Waals surface area contributed by atoms with E-state index in [0.717, 1.165) is 0 Å². The van der Waals surface area contributed by atoms with Gasteiger partial charge in [-0.15, -0.1) is 0 Å². The molecule has 1 N–H and O–H groups in total. The van der Waals surface area contributed by atoms with Crippen molar-refractivity contribution in [3.63, 3.8) is 0 Å². The molecule has 0 aliphatic rings. The third-order valence-corrected chi connectivity index (χ3v) is 2.23. The molecular weight excluding hydrogens is 290 g/mol. The zero-order valence-corrected chi connectivity index (χ0v) is 14.4. The van der Waals surface area contributed by atoms with E-state index in [1.807, 2.05) is 0 Å². The first-order chi connectivity index (χ1) is 9.84. The molecule has 1 atom stereocenters. The Labute approximate surface area is 131 Å². The van der Waals surface area contributed by atoms with E-state index < -0.39 is 35.3 Å². The van der Waals surface area contributed by atoms with Crippen molar-refractivity contribution < 1.29 is 28.6 Å². The van der Waals surface area contributed by atoms with E-state index in [0.29, 0.717) is 0 Å². The number of nitrogens with one attached hydrogen (secondary N) is 1. The number of esters is 2. The Balaban J connectivity index is 4.57. The van der Waals surface area contributed by atoms with Gasteiger partial charge in [0.1, 0.15) is 17.2 Å². The predicted molar refractivity (Wildman–Crippen MR) is 80.3 cm³/mol. The van der Waals surface area contributed by atoms with Gasteiger partial charge in [-0.3, -0.25) is 4.79 Å². The lowest BCUT2D eigenvalue weighted by Gasteiger charge is -2.23. The van der Waals surface area contributed by atoms with Gasteiger partial charge in [-0.25, -0.2) is 9.59 Å². The molecule has 0 aliphatic carbocycles. The molecule has 7 heteroatoms. The molecule has 0 fully saturated rings. The van der Waals surface area contributed by atoms with Crippen molar-refractivity contribution >= 4 is 18.0 Å². The molecule has 0 radical (unpaired) electrons. The molecule has 1 amide bonds. The highest BCUT2D eigenvalue weighted by atomic mass is 16.6. The van der Waals surface area contributed by atoms with Gasteiger partial charge in [-0.05, 0) is 48.0 Å². The second kappa shape index (κ2) is 8.00. The van der Waals surface area contributed by atoms with Crippen molar-refractivity contribution in [2.45, 2.75) is 71.6 Å². The summed E-state index contributed by atoms with van der Waals surface area (Å²) < 4.78 is 14.8. The van der Waals surface area contributed by atoms with Crippen LogP contribution in [0.3, 0.4) is 0 Å². The summed E-state index contributed by atoms with van der Waals surface area (Å²) >= 11 is 0. The fraction of sp³-hybridized carbons (Fsp3) is 0.800. The summed E-state index contributed by atoms with van der Waals surface area (Å²) in [5.41, 5.74) is -1.29. The summed E-state index contributed by atoms with van der Waals surface area (Å²) in [4.78, 5) is 35.0. The van der Waals surface area contributed by atoms with Gasteiger partial charge >= 0.3 is 18.0 Å². The quantitative estimate of drug-likeness (QED) is 0.617. The fourth-order valence-electron chi connectivity index (χ4n) is 1.50. The molecule has 0 heterocycles. The summed E-state index contributed by atoms with van der Waals surface area (Å²) in [7, 11) is 1.21. The first-order valence-electron chi connectivity index (χ1n) is 7.13. The second-order valence-electron chi connectivity index (χ2n) is 6.85. The number of carbonyl (C=O) groups is 3. The van der Waals surface area contributed by atoms with Crippen LogP contribution in [0, 0.1) is 0 Å². The normalized spacial score (nSPS) is 13.0. The molecule has 0 aromatic heterocycles. The van der Waals surface area contributed by atoms with Gasteiger partial charge in [0, 0.05) is 6.42 Å². The van der Waals surface area contributed by atoms with E-state index in [9.17, 15) is 14.4 Å². The number of carbonyl (C=O) groups excluding carboxylic acids is 3. The second-order valence-corrected chi connectivity index (χ2v) is 6.85. The highest BCUT2D eigenvalue weighted by molar-refractivity contribution is 5.82. The maximum absolute atomic E-state index is 11.7. The fourth-order valence-corrected chi connectivity index (χ4v) is 1.50. The molecule has 0 aliphatic heterocycles. The Morgan fingerprint density at radius 3 is 1.86 bits per heavy atom. The number of ether oxygens (including phenoxy) is 3.